The van der Waals surface area contributed by atoms with E-state index in [2.05, 4.69) is 4.98 Å². The number of aromatic nitrogens is 1. The normalized spacial score (nSPS) is 12.2. The van der Waals surface area contributed by atoms with Crippen molar-refractivity contribution in [2.45, 2.75) is 12.6 Å². The largest absolute Gasteiger partial charge is 0.505 e. The van der Waals surface area contributed by atoms with Crippen LogP contribution in [0.25, 0.3) is 0 Å². The smallest absolute Gasteiger partial charge is 0.418 e. The van der Waals surface area contributed by atoms with E-state index in [1.54, 1.807) is 0 Å². The Morgan fingerprint density at radius 2 is 1.87 bits per heavy atom. The molecule has 1 aromatic heterocycles. The fourth-order valence-electron chi connectivity index (χ4n) is 0.887. The van der Waals surface area contributed by atoms with Crippen LogP contribution >= 0.6 is 11.6 Å². The van der Waals surface area contributed by atoms with Crippen molar-refractivity contribution in [3.05, 3.63) is 22.5 Å². The first-order valence-corrected chi connectivity index (χ1v) is 3.86. The molecule has 1 heterocycles. The Morgan fingerprint density at radius 3 is 2.27 bits per heavy atom. The van der Waals surface area contributed by atoms with Crippen molar-refractivity contribution in [1.29, 1.82) is 0 Å². The average Bonchev–Trinajstić information content (AvgIpc) is 2.06. The summed E-state index contributed by atoms with van der Waals surface area (Å²) in [6.07, 6.45) is -8.43. The van der Waals surface area contributed by atoms with Crippen molar-refractivity contribution in [2.24, 2.45) is 0 Å². The fraction of sp³-hybridized carbons (Fsp3) is 0.286. The summed E-state index contributed by atoms with van der Waals surface area (Å²) in [6.45, 7) is 0. The number of rotatable bonds is 1. The van der Waals surface area contributed by atoms with E-state index in [9.17, 15) is 22.0 Å². The Hall–Kier alpha value is -1.11. The molecule has 0 spiro atoms. The van der Waals surface area contributed by atoms with Gasteiger partial charge in [-0.15, -0.1) is 0 Å². The molecule has 0 bridgehead atoms. The number of alkyl halides is 5. The second-order valence-corrected chi connectivity index (χ2v) is 2.89. The summed E-state index contributed by atoms with van der Waals surface area (Å²) in [7, 11) is 0. The molecule has 0 radical (unpaired) electrons. The molecule has 0 aliphatic carbocycles. The number of aromatic hydroxyl groups is 1. The molecular formula is C7H3ClF5NO. The van der Waals surface area contributed by atoms with Gasteiger partial charge in [-0.1, -0.05) is 11.6 Å². The molecule has 1 N–H and O–H groups in total. The third-order valence-corrected chi connectivity index (χ3v) is 1.78. The molecule has 0 saturated heterocycles. The Bertz CT molecular complexity index is 378. The number of halogens is 6. The molecule has 0 unspecified atom stereocenters. The van der Waals surface area contributed by atoms with Gasteiger partial charge in [0.2, 0.25) is 0 Å². The van der Waals surface area contributed by atoms with E-state index in [-0.39, 0.29) is 6.07 Å². The topological polar surface area (TPSA) is 33.1 Å². The minimum absolute atomic E-state index is 0.122. The van der Waals surface area contributed by atoms with E-state index in [0.717, 1.165) is 0 Å². The fourth-order valence-corrected chi connectivity index (χ4v) is 1.03. The minimum atomic E-state index is -5.01. The first-order valence-electron chi connectivity index (χ1n) is 3.48. The molecular weight excluding hydrogens is 245 g/mol. The summed E-state index contributed by atoms with van der Waals surface area (Å²) in [5.74, 6) is -0.992. The van der Waals surface area contributed by atoms with Crippen LogP contribution in [0.15, 0.2) is 6.07 Å². The van der Waals surface area contributed by atoms with Gasteiger partial charge in [0.15, 0.2) is 10.9 Å². The number of nitrogens with zero attached hydrogens (tertiary/aromatic N) is 1. The standard InChI is InChI=1S/C7H3ClF5NO/c8-5-3(15)1-2(7(11,12)13)4(14-5)6(9)10/h1,6,15H. The molecule has 0 amide bonds. The Morgan fingerprint density at radius 1 is 1.33 bits per heavy atom. The highest BCUT2D eigenvalue weighted by Crippen LogP contribution is 2.38. The summed E-state index contributed by atoms with van der Waals surface area (Å²) in [5.41, 5.74) is -3.19. The number of hydrogen-bond donors (Lipinski definition) is 1. The van der Waals surface area contributed by atoms with Crippen LogP contribution in [0.5, 0.6) is 5.75 Å². The monoisotopic (exact) mass is 247 g/mol. The second kappa shape index (κ2) is 3.80. The van der Waals surface area contributed by atoms with Crippen molar-refractivity contribution in [3.8, 4) is 5.75 Å². The quantitative estimate of drug-likeness (QED) is 0.609. The lowest BCUT2D eigenvalue weighted by molar-refractivity contribution is -0.140. The molecule has 0 aliphatic rings. The Kier molecular flexibility index (Phi) is 3.03. The molecule has 0 aromatic carbocycles. The van der Waals surface area contributed by atoms with Crippen LogP contribution in [0.4, 0.5) is 22.0 Å². The van der Waals surface area contributed by atoms with Crippen molar-refractivity contribution in [2.75, 3.05) is 0 Å². The second-order valence-electron chi connectivity index (χ2n) is 2.53. The minimum Gasteiger partial charge on any atom is -0.505 e. The highest BCUT2D eigenvalue weighted by molar-refractivity contribution is 6.30. The van der Waals surface area contributed by atoms with Gasteiger partial charge in [-0.3, -0.25) is 0 Å². The van der Waals surface area contributed by atoms with Gasteiger partial charge in [0.25, 0.3) is 6.43 Å². The van der Waals surface area contributed by atoms with Gasteiger partial charge in [0.05, 0.1) is 5.56 Å². The van der Waals surface area contributed by atoms with E-state index in [1.165, 1.54) is 0 Å². The summed E-state index contributed by atoms with van der Waals surface area (Å²) < 4.78 is 60.9. The zero-order valence-corrected chi connectivity index (χ0v) is 7.57. The van der Waals surface area contributed by atoms with Crippen LogP contribution in [0.1, 0.15) is 17.7 Å². The first-order chi connectivity index (χ1) is 6.73. The van der Waals surface area contributed by atoms with Gasteiger partial charge in [-0.25, -0.2) is 13.8 Å². The summed E-state index contributed by atoms with van der Waals surface area (Å²) in [5, 5.41) is 8.04. The van der Waals surface area contributed by atoms with Crippen LogP contribution in [0, 0.1) is 0 Å². The van der Waals surface area contributed by atoms with Crippen molar-refractivity contribution < 1.29 is 27.1 Å². The average molecular weight is 248 g/mol. The maximum Gasteiger partial charge on any atom is 0.418 e. The lowest BCUT2D eigenvalue weighted by atomic mass is 10.2. The number of pyridine rings is 1. The molecule has 0 saturated carbocycles. The molecule has 2 nitrogen and oxygen atoms in total. The van der Waals surface area contributed by atoms with E-state index < -0.39 is 34.8 Å². The van der Waals surface area contributed by atoms with Crippen molar-refractivity contribution in [1.82, 2.24) is 4.98 Å². The van der Waals surface area contributed by atoms with Crippen LogP contribution in [-0.2, 0) is 6.18 Å². The maximum absolute atomic E-state index is 12.2. The Labute approximate surface area is 85.3 Å². The highest BCUT2D eigenvalue weighted by atomic mass is 35.5. The SMILES string of the molecule is Oc1cc(C(F)(F)F)c(C(F)F)nc1Cl. The molecule has 8 heteroatoms. The van der Waals surface area contributed by atoms with Crippen LogP contribution < -0.4 is 0 Å². The summed E-state index contributed by atoms with van der Waals surface area (Å²) in [6, 6.07) is 0.122. The zero-order valence-electron chi connectivity index (χ0n) is 6.82. The van der Waals surface area contributed by atoms with Gasteiger partial charge >= 0.3 is 6.18 Å². The van der Waals surface area contributed by atoms with Gasteiger partial charge in [0, 0.05) is 0 Å². The van der Waals surface area contributed by atoms with Crippen LogP contribution in [0.3, 0.4) is 0 Å². The molecule has 0 aliphatic heterocycles. The maximum atomic E-state index is 12.2. The predicted octanol–water partition coefficient (Wildman–Crippen LogP) is 3.40. The molecule has 1 aromatic rings. The third-order valence-electron chi connectivity index (χ3n) is 1.50. The van der Waals surface area contributed by atoms with E-state index in [0.29, 0.717) is 0 Å². The molecule has 0 atom stereocenters. The van der Waals surface area contributed by atoms with Crippen LogP contribution in [0.2, 0.25) is 5.15 Å². The van der Waals surface area contributed by atoms with Crippen molar-refractivity contribution in [3.63, 3.8) is 0 Å². The van der Waals surface area contributed by atoms with Gasteiger partial charge in [0.1, 0.15) is 5.69 Å². The molecule has 15 heavy (non-hydrogen) atoms. The van der Waals surface area contributed by atoms with E-state index in [4.69, 9.17) is 16.7 Å². The van der Waals surface area contributed by atoms with E-state index >= 15 is 0 Å². The predicted molar refractivity (Wildman–Crippen MR) is 40.9 cm³/mol. The summed E-state index contributed by atoms with van der Waals surface area (Å²) in [4.78, 5) is 2.78. The van der Waals surface area contributed by atoms with Gasteiger partial charge < -0.3 is 5.11 Å². The highest BCUT2D eigenvalue weighted by Gasteiger charge is 2.37. The van der Waals surface area contributed by atoms with Gasteiger partial charge in [-0.05, 0) is 6.07 Å². The zero-order chi connectivity index (χ0) is 11.8. The van der Waals surface area contributed by atoms with Gasteiger partial charge in [-0.2, -0.15) is 13.2 Å². The third kappa shape index (κ3) is 2.47. The lowest BCUT2D eigenvalue weighted by Gasteiger charge is -2.12. The lowest BCUT2D eigenvalue weighted by Crippen LogP contribution is -2.11. The summed E-state index contributed by atoms with van der Waals surface area (Å²) >= 11 is 5.12. The van der Waals surface area contributed by atoms with Crippen LogP contribution in [-0.4, -0.2) is 10.1 Å². The molecule has 0 fully saturated rings. The number of hydrogen-bond acceptors (Lipinski definition) is 2. The first kappa shape index (κ1) is 12.0. The Balaban J connectivity index is 3.42. The van der Waals surface area contributed by atoms with E-state index in [1.807, 2.05) is 0 Å². The molecule has 84 valence electrons. The molecule has 1 rings (SSSR count). The van der Waals surface area contributed by atoms with Crippen molar-refractivity contribution >= 4 is 11.6 Å².